The number of hydrogen-bond donors (Lipinski definition) is 2. The molecule has 6 heteroatoms. The van der Waals surface area contributed by atoms with Gasteiger partial charge in [-0.2, -0.15) is 0 Å². The Kier molecular flexibility index (Phi) is 11.3. The van der Waals surface area contributed by atoms with Crippen LogP contribution in [0.25, 0.3) is 0 Å². The highest BCUT2D eigenvalue weighted by Crippen LogP contribution is 2.21. The molecule has 0 radical (unpaired) electrons. The lowest BCUT2D eigenvalue weighted by molar-refractivity contribution is -0.121. The van der Waals surface area contributed by atoms with Crippen molar-refractivity contribution in [2.24, 2.45) is 5.92 Å². The van der Waals surface area contributed by atoms with Crippen LogP contribution in [0.5, 0.6) is 0 Å². The molecule has 27 heavy (non-hydrogen) atoms. The highest BCUT2D eigenvalue weighted by Gasteiger charge is 2.22. The average Bonchev–Trinajstić information content (AvgIpc) is 2.67. The van der Waals surface area contributed by atoms with Gasteiger partial charge in [-0.15, -0.1) is 24.8 Å². The molecule has 2 heterocycles. The van der Waals surface area contributed by atoms with Crippen molar-refractivity contribution in [3.63, 3.8) is 0 Å². The Hall–Kier alpha value is -0.810. The number of amides is 1. The van der Waals surface area contributed by atoms with Crippen molar-refractivity contribution < 1.29 is 4.79 Å². The average molecular weight is 416 g/mol. The van der Waals surface area contributed by atoms with E-state index in [1.165, 1.54) is 24.0 Å². The van der Waals surface area contributed by atoms with Crippen molar-refractivity contribution >= 4 is 30.7 Å². The lowest BCUT2D eigenvalue weighted by atomic mass is 9.93. The van der Waals surface area contributed by atoms with Gasteiger partial charge < -0.3 is 10.6 Å². The predicted molar refractivity (Wildman–Crippen MR) is 117 cm³/mol. The first kappa shape index (κ1) is 24.2. The lowest BCUT2D eigenvalue weighted by Crippen LogP contribution is -2.45. The van der Waals surface area contributed by atoms with Crippen LogP contribution in [0.15, 0.2) is 24.3 Å². The maximum atomic E-state index is 12.2. The minimum absolute atomic E-state index is 0. The van der Waals surface area contributed by atoms with Crippen molar-refractivity contribution in [3.8, 4) is 0 Å². The summed E-state index contributed by atoms with van der Waals surface area (Å²) in [4.78, 5) is 14.8. The molecule has 1 saturated heterocycles. The van der Waals surface area contributed by atoms with Crippen LogP contribution in [0.1, 0.15) is 50.2 Å². The van der Waals surface area contributed by atoms with Gasteiger partial charge in [0, 0.05) is 32.1 Å². The number of fused-ring (bicyclic) bond motifs is 1. The largest absolute Gasteiger partial charge is 0.355 e. The molecule has 0 aliphatic carbocycles. The van der Waals surface area contributed by atoms with E-state index in [2.05, 4.69) is 46.7 Å². The van der Waals surface area contributed by atoms with Gasteiger partial charge in [0.1, 0.15) is 0 Å². The Labute approximate surface area is 176 Å². The van der Waals surface area contributed by atoms with Gasteiger partial charge in [-0.3, -0.25) is 9.69 Å². The van der Waals surface area contributed by atoms with Crippen molar-refractivity contribution in [3.05, 3.63) is 35.4 Å². The van der Waals surface area contributed by atoms with E-state index in [9.17, 15) is 4.79 Å². The quantitative estimate of drug-likeness (QED) is 0.715. The number of carbonyl (C=O) groups excluding carboxylic acids is 1. The molecular formula is C21H35Cl2N3O. The van der Waals surface area contributed by atoms with Crippen molar-refractivity contribution in [1.82, 2.24) is 15.5 Å². The minimum atomic E-state index is 0. The third kappa shape index (κ3) is 7.26. The summed E-state index contributed by atoms with van der Waals surface area (Å²) in [5.41, 5.74) is 2.93. The lowest BCUT2D eigenvalue weighted by Gasteiger charge is -2.35. The Balaban J connectivity index is 0.00000182. The number of rotatable bonds is 7. The second-order valence-electron chi connectivity index (χ2n) is 7.59. The summed E-state index contributed by atoms with van der Waals surface area (Å²) in [5, 5.41) is 6.59. The van der Waals surface area contributed by atoms with E-state index in [1.54, 1.807) is 0 Å². The van der Waals surface area contributed by atoms with Crippen molar-refractivity contribution in [2.75, 3.05) is 26.2 Å². The van der Waals surface area contributed by atoms with E-state index < -0.39 is 0 Å². The van der Waals surface area contributed by atoms with E-state index in [0.717, 1.165) is 57.9 Å². The molecule has 2 aliphatic heterocycles. The highest BCUT2D eigenvalue weighted by molar-refractivity contribution is 5.85. The molecule has 4 nitrogen and oxygen atoms in total. The maximum absolute atomic E-state index is 12.2. The normalized spacial score (nSPS) is 18.6. The zero-order valence-electron chi connectivity index (χ0n) is 16.4. The highest BCUT2D eigenvalue weighted by atomic mass is 35.5. The summed E-state index contributed by atoms with van der Waals surface area (Å²) >= 11 is 0. The Bertz CT molecular complexity index is 564. The Morgan fingerprint density at radius 2 is 1.93 bits per heavy atom. The first-order valence-corrected chi connectivity index (χ1v) is 10.0. The van der Waals surface area contributed by atoms with Crippen LogP contribution in [0.2, 0.25) is 0 Å². The van der Waals surface area contributed by atoms with Gasteiger partial charge in [0.2, 0.25) is 5.91 Å². The monoisotopic (exact) mass is 415 g/mol. The number of piperidine rings is 1. The van der Waals surface area contributed by atoms with E-state index in [4.69, 9.17) is 0 Å². The predicted octanol–water partition coefficient (Wildman–Crippen LogP) is 3.56. The molecule has 0 aromatic heterocycles. The molecule has 2 aliphatic rings. The molecule has 1 unspecified atom stereocenters. The molecule has 1 amide bonds. The first-order chi connectivity index (χ1) is 12.3. The van der Waals surface area contributed by atoms with Crippen LogP contribution in [0, 0.1) is 5.92 Å². The number of nitrogens with zero attached hydrogens (tertiary/aromatic N) is 1. The molecule has 0 saturated carbocycles. The number of nitrogens with one attached hydrogen (secondary N) is 2. The zero-order chi connectivity index (χ0) is 17.5. The van der Waals surface area contributed by atoms with Crippen LogP contribution in [-0.4, -0.2) is 43.0 Å². The van der Waals surface area contributed by atoms with Crippen LogP contribution >= 0.6 is 24.8 Å². The summed E-state index contributed by atoms with van der Waals surface area (Å²) in [6.45, 7) is 7.34. The number of carbonyl (C=O) groups is 1. The SMILES string of the molecule is CCC(CNC(=O)CCC1CCNCC1)N1CCc2ccccc2C1.Cl.Cl. The number of hydrogen-bond acceptors (Lipinski definition) is 3. The fourth-order valence-electron chi connectivity index (χ4n) is 4.19. The maximum Gasteiger partial charge on any atom is 0.220 e. The van der Waals surface area contributed by atoms with E-state index >= 15 is 0 Å². The fourth-order valence-corrected chi connectivity index (χ4v) is 4.19. The second kappa shape index (κ2) is 12.6. The third-order valence-corrected chi connectivity index (χ3v) is 5.92. The Morgan fingerprint density at radius 3 is 2.63 bits per heavy atom. The summed E-state index contributed by atoms with van der Waals surface area (Å²) in [7, 11) is 0. The van der Waals surface area contributed by atoms with Gasteiger partial charge in [-0.25, -0.2) is 0 Å². The van der Waals surface area contributed by atoms with Gasteiger partial charge in [0.15, 0.2) is 0 Å². The van der Waals surface area contributed by atoms with Crippen LogP contribution < -0.4 is 10.6 Å². The standard InChI is InChI=1S/C21H33N3O.2ClH/c1-2-20(24-14-11-18-5-3-4-6-19(18)16-24)15-23-21(25)8-7-17-9-12-22-13-10-17;;/h3-6,17,20,22H,2,7-16H2,1H3,(H,23,25);2*1H. The summed E-state index contributed by atoms with van der Waals surface area (Å²) < 4.78 is 0. The topological polar surface area (TPSA) is 44.4 Å². The second-order valence-corrected chi connectivity index (χ2v) is 7.59. The summed E-state index contributed by atoms with van der Waals surface area (Å²) in [6.07, 6.45) is 6.37. The molecule has 2 N–H and O–H groups in total. The number of benzene rings is 1. The van der Waals surface area contributed by atoms with Gasteiger partial charge in [0.25, 0.3) is 0 Å². The van der Waals surface area contributed by atoms with Gasteiger partial charge in [0.05, 0.1) is 0 Å². The molecule has 0 spiro atoms. The van der Waals surface area contributed by atoms with Crippen molar-refractivity contribution in [2.45, 2.75) is 58.0 Å². The fraction of sp³-hybridized carbons (Fsp3) is 0.667. The zero-order valence-corrected chi connectivity index (χ0v) is 18.0. The Morgan fingerprint density at radius 1 is 1.22 bits per heavy atom. The van der Waals surface area contributed by atoms with Crippen LogP contribution in [-0.2, 0) is 17.8 Å². The van der Waals surface area contributed by atoms with E-state index in [-0.39, 0.29) is 30.7 Å². The summed E-state index contributed by atoms with van der Waals surface area (Å²) in [5.74, 6) is 0.960. The van der Waals surface area contributed by atoms with E-state index in [0.29, 0.717) is 12.5 Å². The molecule has 1 aromatic carbocycles. The molecule has 0 bridgehead atoms. The molecule has 1 fully saturated rings. The summed E-state index contributed by atoms with van der Waals surface area (Å²) in [6, 6.07) is 9.19. The molecule has 3 rings (SSSR count). The number of halogens is 2. The third-order valence-electron chi connectivity index (χ3n) is 5.92. The molecule has 1 aromatic rings. The molecule has 154 valence electrons. The van der Waals surface area contributed by atoms with Gasteiger partial charge >= 0.3 is 0 Å². The van der Waals surface area contributed by atoms with E-state index in [1.807, 2.05) is 0 Å². The van der Waals surface area contributed by atoms with Crippen molar-refractivity contribution in [1.29, 1.82) is 0 Å². The molecular weight excluding hydrogens is 381 g/mol. The minimum Gasteiger partial charge on any atom is -0.355 e. The smallest absolute Gasteiger partial charge is 0.220 e. The van der Waals surface area contributed by atoms with Gasteiger partial charge in [-0.1, -0.05) is 31.2 Å². The van der Waals surface area contributed by atoms with Crippen LogP contribution in [0.4, 0.5) is 0 Å². The van der Waals surface area contributed by atoms with Crippen LogP contribution in [0.3, 0.4) is 0 Å². The van der Waals surface area contributed by atoms with Gasteiger partial charge in [-0.05, 0) is 62.2 Å². The molecule has 1 atom stereocenters. The first-order valence-electron chi connectivity index (χ1n) is 10.0.